The first-order valence-corrected chi connectivity index (χ1v) is 12.4. The largest absolute Gasteiger partial charge is 0.496 e. The van der Waals surface area contributed by atoms with Crippen LogP contribution in [0.25, 0.3) is 0 Å². The van der Waals surface area contributed by atoms with Gasteiger partial charge in [-0.25, -0.2) is 4.98 Å². The molecule has 1 aliphatic heterocycles. The van der Waals surface area contributed by atoms with Gasteiger partial charge in [-0.3, -0.25) is 9.59 Å². The smallest absolute Gasteiger partial charge is 0.254 e. The molecule has 0 saturated heterocycles. The van der Waals surface area contributed by atoms with Gasteiger partial charge in [0.25, 0.3) is 5.91 Å². The van der Waals surface area contributed by atoms with Crippen molar-refractivity contribution in [2.75, 3.05) is 12.4 Å². The number of aryl methyl sites for hydroxylation is 2. The normalized spacial score (nSPS) is 19.2. The molecule has 0 atom stereocenters. The number of amides is 2. The van der Waals surface area contributed by atoms with E-state index in [-0.39, 0.29) is 23.8 Å². The molecule has 5 rings (SSSR count). The van der Waals surface area contributed by atoms with E-state index in [2.05, 4.69) is 15.3 Å². The SMILES string of the molecule is COc1cc(NC(=O)C2CCC(N3Cc4c(C)cc(OCc5ncc[nH]5)cc4C3=O)CC2)ccc1C. The summed E-state index contributed by atoms with van der Waals surface area (Å²) in [6.45, 7) is 4.93. The molecule has 2 aliphatic rings. The van der Waals surface area contributed by atoms with Crippen LogP contribution in [0.2, 0.25) is 0 Å². The third-order valence-electron chi connectivity index (χ3n) is 7.38. The second kappa shape index (κ2) is 10.0. The average Bonchev–Trinajstić information content (AvgIpc) is 3.52. The van der Waals surface area contributed by atoms with Crippen LogP contribution >= 0.6 is 0 Å². The summed E-state index contributed by atoms with van der Waals surface area (Å²) in [5.74, 6) is 2.19. The van der Waals surface area contributed by atoms with E-state index in [1.165, 1.54) is 0 Å². The van der Waals surface area contributed by atoms with Gasteiger partial charge in [0.2, 0.25) is 5.91 Å². The van der Waals surface area contributed by atoms with Gasteiger partial charge in [-0.05, 0) is 74.4 Å². The molecule has 1 aromatic heterocycles. The van der Waals surface area contributed by atoms with Crippen molar-refractivity contribution in [1.29, 1.82) is 0 Å². The zero-order valence-electron chi connectivity index (χ0n) is 21.0. The Kier molecular flexibility index (Phi) is 6.67. The summed E-state index contributed by atoms with van der Waals surface area (Å²) >= 11 is 0. The van der Waals surface area contributed by atoms with Crippen LogP contribution in [0.1, 0.15) is 58.6 Å². The summed E-state index contributed by atoms with van der Waals surface area (Å²) in [6.07, 6.45) is 6.59. The fourth-order valence-corrected chi connectivity index (χ4v) is 5.28. The monoisotopic (exact) mass is 488 g/mol. The maximum Gasteiger partial charge on any atom is 0.254 e. The van der Waals surface area contributed by atoms with Gasteiger partial charge in [-0.1, -0.05) is 6.07 Å². The Morgan fingerprint density at radius 1 is 1.14 bits per heavy atom. The van der Waals surface area contributed by atoms with Crippen molar-refractivity contribution in [2.24, 2.45) is 5.92 Å². The number of fused-ring (bicyclic) bond motifs is 1. The number of methoxy groups -OCH3 is 1. The number of aromatic amines is 1. The standard InChI is InChI=1S/C28H32N4O4/c1-17-4-7-20(13-25(17)35-3)31-27(33)19-5-8-21(9-6-19)32-15-24-18(2)12-22(14-23(24)28(32)34)36-16-26-29-10-11-30-26/h4,7,10-14,19,21H,5-6,8-9,15-16H2,1-3H3,(H,29,30)(H,31,33). The van der Waals surface area contributed by atoms with Crippen LogP contribution in [0.3, 0.4) is 0 Å². The minimum absolute atomic E-state index is 0.0320. The van der Waals surface area contributed by atoms with Gasteiger partial charge in [-0.2, -0.15) is 0 Å². The van der Waals surface area contributed by atoms with Crippen molar-refractivity contribution in [2.45, 2.75) is 58.7 Å². The van der Waals surface area contributed by atoms with Gasteiger partial charge in [0.15, 0.2) is 0 Å². The maximum atomic E-state index is 13.3. The third kappa shape index (κ3) is 4.80. The highest BCUT2D eigenvalue weighted by Gasteiger charge is 2.37. The van der Waals surface area contributed by atoms with Gasteiger partial charge >= 0.3 is 0 Å². The Morgan fingerprint density at radius 3 is 2.67 bits per heavy atom. The molecule has 188 valence electrons. The van der Waals surface area contributed by atoms with Crippen LogP contribution in [0.4, 0.5) is 5.69 Å². The molecule has 1 saturated carbocycles. The van der Waals surface area contributed by atoms with Crippen molar-refractivity contribution < 1.29 is 19.1 Å². The molecule has 0 bridgehead atoms. The zero-order valence-corrected chi connectivity index (χ0v) is 21.0. The van der Waals surface area contributed by atoms with E-state index in [1.807, 2.05) is 49.1 Å². The predicted molar refractivity (Wildman–Crippen MR) is 136 cm³/mol. The van der Waals surface area contributed by atoms with Crippen molar-refractivity contribution in [3.05, 3.63) is 70.8 Å². The number of H-pyrrole nitrogens is 1. The molecule has 0 unspecified atom stereocenters. The van der Waals surface area contributed by atoms with Crippen molar-refractivity contribution in [3.8, 4) is 11.5 Å². The van der Waals surface area contributed by atoms with Crippen LogP contribution in [-0.4, -0.2) is 39.8 Å². The van der Waals surface area contributed by atoms with E-state index >= 15 is 0 Å². The lowest BCUT2D eigenvalue weighted by Gasteiger charge is -2.34. The van der Waals surface area contributed by atoms with E-state index in [0.717, 1.165) is 65.2 Å². The molecule has 1 aliphatic carbocycles. The summed E-state index contributed by atoms with van der Waals surface area (Å²) in [5, 5.41) is 3.04. The van der Waals surface area contributed by atoms with Gasteiger partial charge in [0.1, 0.15) is 23.9 Å². The van der Waals surface area contributed by atoms with Gasteiger partial charge in [0.05, 0.1) is 7.11 Å². The topological polar surface area (TPSA) is 96.5 Å². The lowest BCUT2D eigenvalue weighted by molar-refractivity contribution is -0.121. The number of carbonyl (C=O) groups is 2. The number of imidazole rings is 1. The summed E-state index contributed by atoms with van der Waals surface area (Å²) in [6, 6.07) is 9.67. The Balaban J connectivity index is 1.19. The number of benzene rings is 2. The number of anilines is 1. The lowest BCUT2D eigenvalue weighted by Crippen LogP contribution is -2.40. The molecule has 2 aromatic carbocycles. The Bertz CT molecular complexity index is 1260. The average molecular weight is 489 g/mol. The van der Waals surface area contributed by atoms with E-state index in [9.17, 15) is 9.59 Å². The summed E-state index contributed by atoms with van der Waals surface area (Å²) < 4.78 is 11.2. The first-order chi connectivity index (χ1) is 17.4. The minimum atomic E-state index is -0.0584. The molecule has 36 heavy (non-hydrogen) atoms. The number of hydrogen-bond acceptors (Lipinski definition) is 5. The number of rotatable bonds is 7. The Morgan fingerprint density at radius 2 is 1.94 bits per heavy atom. The van der Waals surface area contributed by atoms with E-state index < -0.39 is 0 Å². The van der Waals surface area contributed by atoms with Crippen LogP contribution in [-0.2, 0) is 17.9 Å². The summed E-state index contributed by atoms with van der Waals surface area (Å²) in [7, 11) is 1.63. The van der Waals surface area contributed by atoms with Crippen LogP contribution in [0.5, 0.6) is 11.5 Å². The first-order valence-electron chi connectivity index (χ1n) is 12.4. The van der Waals surface area contributed by atoms with Gasteiger partial charge in [-0.15, -0.1) is 0 Å². The fourth-order valence-electron chi connectivity index (χ4n) is 5.28. The van der Waals surface area contributed by atoms with Gasteiger partial charge in [0, 0.05) is 48.2 Å². The van der Waals surface area contributed by atoms with E-state index in [0.29, 0.717) is 18.9 Å². The second-order valence-corrected chi connectivity index (χ2v) is 9.70. The Hall–Kier alpha value is -3.81. The molecule has 3 aromatic rings. The Labute approximate surface area is 211 Å². The number of hydrogen-bond donors (Lipinski definition) is 2. The number of aromatic nitrogens is 2. The molecular formula is C28H32N4O4. The lowest BCUT2D eigenvalue weighted by atomic mass is 9.84. The molecule has 0 spiro atoms. The fraction of sp³-hybridized carbons (Fsp3) is 0.393. The number of ether oxygens (including phenoxy) is 2. The number of nitrogens with one attached hydrogen (secondary N) is 2. The highest BCUT2D eigenvalue weighted by Crippen LogP contribution is 2.36. The van der Waals surface area contributed by atoms with E-state index in [4.69, 9.17) is 9.47 Å². The molecule has 2 N–H and O–H groups in total. The van der Waals surface area contributed by atoms with Crippen LogP contribution in [0, 0.1) is 19.8 Å². The van der Waals surface area contributed by atoms with E-state index in [1.54, 1.807) is 19.5 Å². The molecule has 0 radical (unpaired) electrons. The second-order valence-electron chi connectivity index (χ2n) is 9.70. The zero-order chi connectivity index (χ0) is 25.2. The van der Waals surface area contributed by atoms with Gasteiger partial charge < -0.3 is 24.7 Å². The molecule has 8 nitrogen and oxygen atoms in total. The third-order valence-corrected chi connectivity index (χ3v) is 7.38. The highest BCUT2D eigenvalue weighted by atomic mass is 16.5. The molecule has 8 heteroatoms. The van der Waals surface area contributed by atoms with Crippen LogP contribution in [0.15, 0.2) is 42.7 Å². The summed E-state index contributed by atoms with van der Waals surface area (Å²) in [4.78, 5) is 35.4. The predicted octanol–water partition coefficient (Wildman–Crippen LogP) is 4.77. The van der Waals surface area contributed by atoms with Crippen molar-refractivity contribution in [3.63, 3.8) is 0 Å². The first kappa shape index (κ1) is 23.9. The van der Waals surface area contributed by atoms with Crippen molar-refractivity contribution in [1.82, 2.24) is 14.9 Å². The molecule has 2 amide bonds. The molecule has 1 fully saturated rings. The number of carbonyl (C=O) groups excluding carboxylic acids is 2. The molecule has 2 heterocycles. The summed E-state index contributed by atoms with van der Waals surface area (Å²) in [5.41, 5.74) is 4.62. The quantitative estimate of drug-likeness (QED) is 0.500. The highest BCUT2D eigenvalue weighted by molar-refractivity contribution is 5.99. The number of nitrogens with zero attached hydrogens (tertiary/aromatic N) is 2. The maximum absolute atomic E-state index is 13.3. The molecular weight excluding hydrogens is 456 g/mol. The minimum Gasteiger partial charge on any atom is -0.496 e. The van der Waals surface area contributed by atoms with Crippen LogP contribution < -0.4 is 14.8 Å². The van der Waals surface area contributed by atoms with Crippen molar-refractivity contribution >= 4 is 17.5 Å².